The van der Waals surface area contributed by atoms with E-state index in [1.54, 1.807) is 11.8 Å². The van der Waals surface area contributed by atoms with Gasteiger partial charge in [0.05, 0.1) is 22.9 Å². The summed E-state index contributed by atoms with van der Waals surface area (Å²) < 4.78 is 1.12. The summed E-state index contributed by atoms with van der Waals surface area (Å²) in [4.78, 5) is 20.2. The summed E-state index contributed by atoms with van der Waals surface area (Å²) in [5.41, 5.74) is 5.75. The molecule has 0 spiro atoms. The normalized spacial score (nSPS) is 18.6. The fraction of sp³-hybridized carbons (Fsp3) is 0.400. The van der Waals surface area contributed by atoms with Crippen LogP contribution < -0.4 is 15.1 Å². The van der Waals surface area contributed by atoms with Gasteiger partial charge in [-0.25, -0.2) is 9.97 Å². The van der Waals surface area contributed by atoms with Crippen LogP contribution in [-0.2, 0) is 6.42 Å². The highest BCUT2D eigenvalue weighted by atomic mass is 79.9. The highest BCUT2D eigenvalue weighted by Gasteiger charge is 2.33. The number of benzene rings is 1. The number of fused-ring (bicyclic) bond motifs is 2. The third-order valence-corrected chi connectivity index (χ3v) is 8.61. The van der Waals surface area contributed by atoms with Crippen LogP contribution in [0.3, 0.4) is 0 Å². The van der Waals surface area contributed by atoms with E-state index in [-0.39, 0.29) is 6.10 Å². The van der Waals surface area contributed by atoms with Gasteiger partial charge in [0.25, 0.3) is 0 Å². The topological polar surface area (TPSA) is 77.4 Å². The lowest BCUT2D eigenvalue weighted by molar-refractivity contribution is 0.141. The Hall–Kier alpha value is -2.20. The van der Waals surface area contributed by atoms with Crippen LogP contribution >= 0.6 is 27.7 Å². The van der Waals surface area contributed by atoms with Crippen molar-refractivity contribution in [2.24, 2.45) is 0 Å². The summed E-state index contributed by atoms with van der Waals surface area (Å²) >= 11 is 5.37. The number of aliphatic hydroxyl groups is 1. The number of β-amino-alcohol motifs (C(OH)–C–C–N with tert-alkyl or cyclic N) is 1. The molecule has 2 N–H and O–H groups in total. The molecule has 1 aliphatic carbocycles. The Morgan fingerprint density at radius 1 is 1.15 bits per heavy atom. The van der Waals surface area contributed by atoms with Crippen LogP contribution in [0.1, 0.15) is 24.6 Å². The third kappa shape index (κ3) is 3.98. The summed E-state index contributed by atoms with van der Waals surface area (Å²) in [5, 5.41) is 15.2. The maximum Gasteiger partial charge on any atom is 0.194 e. The van der Waals surface area contributed by atoms with Gasteiger partial charge in [-0.05, 0) is 48.0 Å². The largest absolute Gasteiger partial charge is 0.389 e. The van der Waals surface area contributed by atoms with Gasteiger partial charge in [0.1, 0.15) is 5.82 Å². The Balaban J connectivity index is 1.33. The summed E-state index contributed by atoms with van der Waals surface area (Å²) in [5.74, 6) is 0.924. The minimum atomic E-state index is -0.284. The molecule has 3 aliphatic rings. The molecular formula is C25H27BrN6OS. The van der Waals surface area contributed by atoms with Gasteiger partial charge in [-0.3, -0.25) is 4.98 Å². The number of allylic oxidation sites excluding steroid dienone is 1. The van der Waals surface area contributed by atoms with Gasteiger partial charge in [0.2, 0.25) is 0 Å². The van der Waals surface area contributed by atoms with Crippen molar-refractivity contribution in [2.75, 3.05) is 49.1 Å². The van der Waals surface area contributed by atoms with Crippen LogP contribution in [0.2, 0.25) is 0 Å². The fourth-order valence-corrected chi connectivity index (χ4v) is 6.56. The van der Waals surface area contributed by atoms with Crippen LogP contribution in [0.15, 0.2) is 46.1 Å². The molecule has 0 amide bonds. The molecule has 2 aliphatic heterocycles. The van der Waals surface area contributed by atoms with Crippen molar-refractivity contribution < 1.29 is 5.11 Å². The standard InChI is InChI=1S/C25H27BrN6OS/c1-2-15-11-20-22(23(15)26)24(32-13-16(33)14-32)30-25(29-20)34-17-3-4-18-19(12-17)28-6-5-21(18)31-9-7-27-8-10-31/h3-6,12,16,27,33H,2,7-11,13-14H2,1H3. The number of anilines is 2. The van der Waals surface area contributed by atoms with E-state index in [1.807, 2.05) is 6.20 Å². The number of aromatic nitrogens is 3. The second-order valence-electron chi connectivity index (χ2n) is 9.01. The molecule has 2 saturated heterocycles. The Kier molecular flexibility index (Phi) is 5.97. The lowest BCUT2D eigenvalue weighted by Gasteiger charge is -2.38. The first-order valence-electron chi connectivity index (χ1n) is 11.8. The SMILES string of the molecule is CCC1=C(Br)c2c(nc(Sc3ccc4c(N5CCNCC5)ccnc4c3)nc2N2CC(O)C2)C1. The number of nitrogens with zero attached hydrogens (tertiary/aromatic N) is 5. The summed E-state index contributed by atoms with van der Waals surface area (Å²) in [6, 6.07) is 8.58. The Bertz CT molecular complexity index is 1290. The number of hydrogen-bond donors (Lipinski definition) is 2. The number of aliphatic hydroxyl groups excluding tert-OH is 1. The van der Waals surface area contributed by atoms with Gasteiger partial charge < -0.3 is 20.2 Å². The Morgan fingerprint density at radius 2 is 1.97 bits per heavy atom. The van der Waals surface area contributed by atoms with Crippen LogP contribution in [0.25, 0.3) is 15.4 Å². The van der Waals surface area contributed by atoms with Crippen molar-refractivity contribution in [3.8, 4) is 0 Å². The second kappa shape index (κ2) is 9.11. The molecule has 176 valence electrons. The van der Waals surface area contributed by atoms with Crippen LogP contribution in [0, 0.1) is 0 Å². The number of nitrogens with one attached hydrogen (secondary N) is 1. The zero-order valence-corrected chi connectivity index (χ0v) is 21.5. The van der Waals surface area contributed by atoms with Crippen molar-refractivity contribution in [1.29, 1.82) is 0 Å². The lowest BCUT2D eigenvalue weighted by atomic mass is 10.1. The van der Waals surface area contributed by atoms with Gasteiger partial charge in [-0.1, -0.05) is 22.9 Å². The zero-order chi connectivity index (χ0) is 23.2. The Morgan fingerprint density at radius 3 is 2.74 bits per heavy atom. The van der Waals surface area contributed by atoms with E-state index in [2.05, 4.69) is 67.2 Å². The highest BCUT2D eigenvalue weighted by molar-refractivity contribution is 9.15. The molecule has 0 bridgehead atoms. The minimum Gasteiger partial charge on any atom is -0.389 e. The molecule has 2 aromatic heterocycles. The molecular weight excluding hydrogens is 512 g/mol. The van der Waals surface area contributed by atoms with Gasteiger partial charge in [-0.15, -0.1) is 0 Å². The van der Waals surface area contributed by atoms with Crippen LogP contribution in [-0.4, -0.2) is 65.4 Å². The molecule has 2 fully saturated rings. The smallest absolute Gasteiger partial charge is 0.194 e. The van der Waals surface area contributed by atoms with E-state index in [0.29, 0.717) is 13.1 Å². The molecule has 6 rings (SSSR count). The fourth-order valence-electron chi connectivity index (χ4n) is 4.93. The van der Waals surface area contributed by atoms with Gasteiger partial charge in [0.15, 0.2) is 5.16 Å². The second-order valence-corrected chi connectivity index (χ2v) is 10.8. The molecule has 0 radical (unpaired) electrons. The summed E-state index contributed by atoms with van der Waals surface area (Å²) in [7, 11) is 0. The molecule has 0 atom stereocenters. The van der Waals surface area contributed by atoms with E-state index < -0.39 is 0 Å². The van der Waals surface area contributed by atoms with Crippen LogP contribution in [0.4, 0.5) is 11.5 Å². The Labute approximate surface area is 211 Å². The average Bonchev–Trinajstić information content (AvgIpc) is 3.17. The average molecular weight is 540 g/mol. The number of halogens is 1. The minimum absolute atomic E-state index is 0.284. The first kappa shape index (κ1) is 22.3. The molecule has 0 saturated carbocycles. The molecule has 9 heteroatoms. The van der Waals surface area contributed by atoms with E-state index in [9.17, 15) is 5.11 Å². The van der Waals surface area contributed by atoms with Gasteiger partial charge in [-0.2, -0.15) is 0 Å². The van der Waals surface area contributed by atoms with Gasteiger partial charge >= 0.3 is 0 Å². The molecule has 7 nitrogen and oxygen atoms in total. The van der Waals surface area contributed by atoms with Crippen molar-refractivity contribution in [2.45, 2.75) is 35.9 Å². The number of piperazine rings is 1. The quantitative estimate of drug-likeness (QED) is 0.474. The van der Waals surface area contributed by atoms with E-state index in [4.69, 9.17) is 9.97 Å². The first-order chi connectivity index (χ1) is 16.6. The molecule has 3 aromatic rings. The number of rotatable bonds is 5. The number of hydrogen-bond acceptors (Lipinski definition) is 8. The summed E-state index contributed by atoms with van der Waals surface area (Å²) in [6.07, 6.45) is 3.45. The van der Waals surface area contributed by atoms with Gasteiger partial charge in [0, 0.05) is 72.3 Å². The first-order valence-corrected chi connectivity index (χ1v) is 13.5. The van der Waals surface area contributed by atoms with E-state index >= 15 is 0 Å². The monoisotopic (exact) mass is 538 g/mol. The van der Waals surface area contributed by atoms with E-state index in [1.165, 1.54) is 16.6 Å². The van der Waals surface area contributed by atoms with Crippen molar-refractivity contribution in [3.63, 3.8) is 0 Å². The van der Waals surface area contributed by atoms with Crippen molar-refractivity contribution >= 4 is 54.6 Å². The predicted molar refractivity (Wildman–Crippen MR) is 141 cm³/mol. The maximum absolute atomic E-state index is 9.89. The predicted octanol–water partition coefficient (Wildman–Crippen LogP) is 3.84. The molecule has 1 aromatic carbocycles. The van der Waals surface area contributed by atoms with Crippen molar-refractivity contribution in [3.05, 3.63) is 47.3 Å². The molecule has 0 unspecified atom stereocenters. The molecule has 34 heavy (non-hydrogen) atoms. The van der Waals surface area contributed by atoms with Crippen LogP contribution in [0.5, 0.6) is 0 Å². The lowest BCUT2D eigenvalue weighted by Crippen LogP contribution is -2.51. The van der Waals surface area contributed by atoms with E-state index in [0.717, 1.165) is 76.1 Å². The third-order valence-electron chi connectivity index (χ3n) is 6.80. The maximum atomic E-state index is 9.89. The molecule has 4 heterocycles. The highest BCUT2D eigenvalue weighted by Crippen LogP contribution is 2.44. The summed E-state index contributed by atoms with van der Waals surface area (Å²) in [6.45, 7) is 7.44. The van der Waals surface area contributed by atoms with Crippen molar-refractivity contribution in [1.82, 2.24) is 20.3 Å². The number of pyridine rings is 1. The zero-order valence-electron chi connectivity index (χ0n) is 19.1.